The smallest absolute Gasteiger partial charge is 0.408 e. The third-order valence-corrected chi connectivity index (χ3v) is 7.23. The van der Waals surface area contributed by atoms with E-state index in [0.29, 0.717) is 12.0 Å². The molecule has 2 aromatic carbocycles. The minimum atomic E-state index is -1.10. The van der Waals surface area contributed by atoms with Crippen LogP contribution in [0.1, 0.15) is 98.4 Å². The molecule has 45 heavy (non-hydrogen) atoms. The third kappa shape index (κ3) is 11.5. The zero-order chi connectivity index (χ0) is 34.1. The second-order valence-corrected chi connectivity index (χ2v) is 13.9. The molecule has 0 aliphatic rings. The molecular formula is C36H53N3O6. The lowest BCUT2D eigenvalue weighted by atomic mass is 9.94. The Balaban J connectivity index is 2.63. The fraction of sp³-hybridized carbons (Fsp3) is 0.556. The summed E-state index contributed by atoms with van der Waals surface area (Å²) in [4.78, 5) is 56.9. The van der Waals surface area contributed by atoms with E-state index in [2.05, 4.69) is 10.6 Å². The van der Waals surface area contributed by atoms with Crippen molar-refractivity contribution in [1.82, 2.24) is 15.5 Å². The van der Waals surface area contributed by atoms with Crippen molar-refractivity contribution in [3.63, 3.8) is 0 Å². The van der Waals surface area contributed by atoms with Gasteiger partial charge in [-0.2, -0.15) is 0 Å². The predicted octanol–water partition coefficient (Wildman–Crippen LogP) is 6.28. The lowest BCUT2D eigenvalue weighted by Crippen LogP contribution is -2.58. The maximum Gasteiger partial charge on any atom is 0.408 e. The van der Waals surface area contributed by atoms with Gasteiger partial charge < -0.3 is 25.0 Å². The molecule has 0 aliphatic carbocycles. The number of hydrogen-bond donors (Lipinski definition) is 2. The Morgan fingerprint density at radius 3 is 1.87 bits per heavy atom. The summed E-state index contributed by atoms with van der Waals surface area (Å²) in [5.41, 5.74) is 0.729. The van der Waals surface area contributed by atoms with E-state index < -0.39 is 59.2 Å². The summed E-state index contributed by atoms with van der Waals surface area (Å²) in [6, 6.07) is 13.3. The Morgan fingerprint density at radius 2 is 1.36 bits per heavy atom. The van der Waals surface area contributed by atoms with Crippen LogP contribution >= 0.6 is 0 Å². The molecule has 4 unspecified atom stereocenters. The van der Waals surface area contributed by atoms with Crippen LogP contribution in [-0.2, 0) is 30.3 Å². The molecule has 0 fully saturated rings. The fourth-order valence-electron chi connectivity index (χ4n) is 4.88. The van der Waals surface area contributed by atoms with E-state index in [1.165, 1.54) is 4.90 Å². The second kappa shape index (κ2) is 15.9. The van der Waals surface area contributed by atoms with Gasteiger partial charge in [-0.3, -0.25) is 9.59 Å². The zero-order valence-electron chi connectivity index (χ0n) is 28.9. The molecule has 3 amide bonds. The number of hydrogen-bond acceptors (Lipinski definition) is 6. The molecule has 0 saturated carbocycles. The average Bonchev–Trinajstić information content (AvgIpc) is 2.92. The van der Waals surface area contributed by atoms with Crippen molar-refractivity contribution >= 4 is 23.9 Å². The van der Waals surface area contributed by atoms with Crippen molar-refractivity contribution < 1.29 is 28.7 Å². The van der Waals surface area contributed by atoms with Crippen LogP contribution in [0.25, 0.3) is 0 Å². The maximum absolute atomic E-state index is 14.5. The first-order chi connectivity index (χ1) is 20.8. The van der Waals surface area contributed by atoms with Gasteiger partial charge in [-0.25, -0.2) is 9.59 Å². The van der Waals surface area contributed by atoms with Gasteiger partial charge in [0.25, 0.3) is 0 Å². The van der Waals surface area contributed by atoms with Gasteiger partial charge in [-0.05, 0) is 84.4 Å². The molecule has 0 heterocycles. The van der Waals surface area contributed by atoms with Gasteiger partial charge in [0.2, 0.25) is 11.8 Å². The van der Waals surface area contributed by atoms with E-state index in [1.807, 2.05) is 89.2 Å². The topological polar surface area (TPSA) is 114 Å². The molecule has 4 atom stereocenters. The summed E-state index contributed by atoms with van der Waals surface area (Å²) in [6.45, 7) is 19.9. The van der Waals surface area contributed by atoms with Gasteiger partial charge in [0.05, 0.1) is 0 Å². The van der Waals surface area contributed by atoms with Crippen molar-refractivity contribution in [1.29, 1.82) is 0 Å². The standard InChI is InChI=1S/C36H53N3O6/c1-12-25(5)39(32(41)29(23(2)3)38-34(43)45-36(9,10)11)30(27-21-17-16-18-24(27)4)31(40)37-28(33(42)44-35(6,7)8)22-26-19-14-13-15-20-26/h13-21,23,25,28-30H,12,22H2,1-11H3,(H,37,40)(H,38,43). The van der Waals surface area contributed by atoms with Crippen LogP contribution in [0.2, 0.25) is 0 Å². The quantitative estimate of drug-likeness (QED) is 0.269. The number of alkyl carbamates (subject to hydrolysis) is 1. The number of amides is 3. The third-order valence-electron chi connectivity index (χ3n) is 7.23. The van der Waals surface area contributed by atoms with Gasteiger partial charge in [-0.15, -0.1) is 0 Å². The van der Waals surface area contributed by atoms with Crippen LogP contribution in [0.5, 0.6) is 0 Å². The highest BCUT2D eigenvalue weighted by Gasteiger charge is 2.41. The van der Waals surface area contributed by atoms with E-state index in [4.69, 9.17) is 9.47 Å². The number of carbonyl (C=O) groups is 4. The zero-order valence-corrected chi connectivity index (χ0v) is 28.9. The Morgan fingerprint density at radius 1 is 0.800 bits per heavy atom. The highest BCUT2D eigenvalue weighted by atomic mass is 16.6. The van der Waals surface area contributed by atoms with Crippen LogP contribution in [0, 0.1) is 12.8 Å². The Hall–Kier alpha value is -3.88. The molecule has 2 rings (SSSR count). The average molecular weight is 624 g/mol. The summed E-state index contributed by atoms with van der Waals surface area (Å²) < 4.78 is 11.2. The molecule has 248 valence electrons. The SMILES string of the molecule is CCC(C)N(C(=O)C(NC(=O)OC(C)(C)C)C(C)C)C(C(=O)NC(Cc1ccccc1)C(=O)OC(C)(C)C)c1ccccc1C. The van der Waals surface area contributed by atoms with E-state index in [1.54, 1.807) is 41.5 Å². The summed E-state index contributed by atoms with van der Waals surface area (Å²) in [7, 11) is 0. The van der Waals surface area contributed by atoms with Crippen molar-refractivity contribution in [2.24, 2.45) is 5.92 Å². The van der Waals surface area contributed by atoms with Gasteiger partial charge in [0.15, 0.2) is 0 Å². The Kier molecular flexibility index (Phi) is 13.2. The van der Waals surface area contributed by atoms with E-state index in [9.17, 15) is 19.2 Å². The highest BCUT2D eigenvalue weighted by Crippen LogP contribution is 2.30. The van der Waals surface area contributed by atoms with Crippen molar-refractivity contribution in [3.05, 3.63) is 71.3 Å². The number of benzene rings is 2. The lowest BCUT2D eigenvalue weighted by Gasteiger charge is -2.40. The first-order valence-corrected chi connectivity index (χ1v) is 15.8. The number of ether oxygens (including phenoxy) is 2. The predicted molar refractivity (Wildman–Crippen MR) is 176 cm³/mol. The molecule has 2 aromatic rings. The lowest BCUT2D eigenvalue weighted by molar-refractivity contribution is -0.159. The molecule has 0 spiro atoms. The molecule has 0 bridgehead atoms. The summed E-state index contributed by atoms with van der Waals surface area (Å²) in [6.07, 6.45) is 0.0232. The number of nitrogens with zero attached hydrogens (tertiary/aromatic N) is 1. The number of rotatable bonds is 12. The van der Waals surface area contributed by atoms with Crippen LogP contribution in [-0.4, -0.2) is 58.1 Å². The Bertz CT molecular complexity index is 1300. The van der Waals surface area contributed by atoms with E-state index >= 15 is 0 Å². The van der Waals surface area contributed by atoms with E-state index in [0.717, 1.165) is 11.1 Å². The minimum Gasteiger partial charge on any atom is -0.458 e. The molecule has 2 N–H and O–H groups in total. The largest absolute Gasteiger partial charge is 0.458 e. The van der Waals surface area contributed by atoms with Gasteiger partial charge in [-0.1, -0.05) is 75.4 Å². The summed E-state index contributed by atoms with van der Waals surface area (Å²) >= 11 is 0. The van der Waals surface area contributed by atoms with Crippen molar-refractivity contribution in [2.45, 2.75) is 124 Å². The van der Waals surface area contributed by atoms with Crippen molar-refractivity contribution in [3.8, 4) is 0 Å². The highest BCUT2D eigenvalue weighted by molar-refractivity contribution is 5.94. The molecular weight excluding hydrogens is 570 g/mol. The second-order valence-electron chi connectivity index (χ2n) is 13.9. The van der Waals surface area contributed by atoms with Crippen LogP contribution in [0.3, 0.4) is 0 Å². The van der Waals surface area contributed by atoms with E-state index in [-0.39, 0.29) is 12.3 Å². The molecule has 9 heteroatoms. The number of aryl methyl sites for hydroxylation is 1. The van der Waals surface area contributed by atoms with Gasteiger partial charge in [0.1, 0.15) is 29.3 Å². The van der Waals surface area contributed by atoms with Crippen LogP contribution in [0.4, 0.5) is 4.79 Å². The van der Waals surface area contributed by atoms with Gasteiger partial charge in [0, 0.05) is 12.5 Å². The first kappa shape index (κ1) is 37.3. The number of esters is 1. The molecule has 0 aliphatic heterocycles. The minimum absolute atomic E-state index is 0.202. The normalized spacial score (nSPS) is 14.5. The van der Waals surface area contributed by atoms with Crippen molar-refractivity contribution in [2.75, 3.05) is 0 Å². The molecule has 0 saturated heterocycles. The molecule has 0 radical (unpaired) electrons. The first-order valence-electron chi connectivity index (χ1n) is 15.8. The maximum atomic E-state index is 14.5. The molecule has 9 nitrogen and oxygen atoms in total. The van der Waals surface area contributed by atoms with Crippen LogP contribution in [0.15, 0.2) is 54.6 Å². The van der Waals surface area contributed by atoms with Crippen LogP contribution < -0.4 is 10.6 Å². The Labute approximate surface area is 269 Å². The molecule has 0 aromatic heterocycles. The number of nitrogens with one attached hydrogen (secondary N) is 2. The van der Waals surface area contributed by atoms with Gasteiger partial charge >= 0.3 is 12.1 Å². The fourth-order valence-corrected chi connectivity index (χ4v) is 4.88. The monoisotopic (exact) mass is 623 g/mol. The summed E-state index contributed by atoms with van der Waals surface area (Å²) in [5, 5.41) is 5.70. The number of carbonyl (C=O) groups excluding carboxylic acids is 4. The summed E-state index contributed by atoms with van der Waals surface area (Å²) in [5.74, 6) is -1.84.